The molecule has 0 spiro atoms. The van der Waals surface area contributed by atoms with E-state index in [0.29, 0.717) is 44.0 Å². The van der Waals surface area contributed by atoms with Crippen LogP contribution in [0, 0.1) is 0 Å². The third-order valence-electron chi connectivity index (χ3n) is 6.23. The number of hydrogen-bond acceptors (Lipinski definition) is 6. The molecule has 0 unspecified atom stereocenters. The molecule has 0 bridgehead atoms. The first-order chi connectivity index (χ1) is 15.4. The monoisotopic (exact) mass is 459 g/mol. The standard InChI is InChI=1S/C22H29N5O4S/c1-22(20(30)23-21(31)24-22)15-32-17-7-3-2-6-16(17)19(29)27-12-10-25(11-13-27)14-18(28)26-8-4-5-9-26/h2-3,6-7H,4-5,8-15H2,1H3,(H2,23,24,30,31)/t22-/m1/s1. The molecule has 2 N–H and O–H groups in total. The van der Waals surface area contributed by atoms with E-state index in [1.165, 1.54) is 11.8 Å². The SMILES string of the molecule is C[C@]1(CSc2ccccc2C(=O)N2CCN(CC(=O)N3CCCC3)CC2)NC(=O)NC1=O. The second kappa shape index (κ2) is 9.50. The number of hydrogen-bond donors (Lipinski definition) is 2. The third kappa shape index (κ3) is 4.91. The maximum atomic E-state index is 13.2. The largest absolute Gasteiger partial charge is 0.342 e. The second-order valence-corrected chi connectivity index (χ2v) is 9.70. The second-order valence-electron chi connectivity index (χ2n) is 8.68. The Morgan fingerprint density at radius 1 is 1.00 bits per heavy atom. The number of urea groups is 1. The average Bonchev–Trinajstić information content (AvgIpc) is 3.41. The van der Waals surface area contributed by atoms with E-state index in [0.717, 1.165) is 30.8 Å². The van der Waals surface area contributed by atoms with Gasteiger partial charge in [0.15, 0.2) is 0 Å². The Labute approximate surface area is 191 Å². The van der Waals surface area contributed by atoms with E-state index in [2.05, 4.69) is 15.5 Å². The van der Waals surface area contributed by atoms with E-state index in [-0.39, 0.29) is 17.7 Å². The maximum Gasteiger partial charge on any atom is 0.322 e. The number of rotatable bonds is 6. The molecule has 3 aliphatic rings. The summed E-state index contributed by atoms with van der Waals surface area (Å²) in [5.41, 5.74) is -0.418. The number of benzene rings is 1. The van der Waals surface area contributed by atoms with Gasteiger partial charge in [-0.2, -0.15) is 0 Å². The molecule has 1 atom stereocenters. The lowest BCUT2D eigenvalue weighted by Gasteiger charge is -2.35. The van der Waals surface area contributed by atoms with E-state index < -0.39 is 11.6 Å². The number of nitrogens with zero attached hydrogens (tertiary/aromatic N) is 3. The Balaban J connectivity index is 1.33. The molecule has 9 nitrogen and oxygen atoms in total. The number of nitrogens with one attached hydrogen (secondary N) is 2. The van der Waals surface area contributed by atoms with Crippen molar-refractivity contribution in [3.8, 4) is 0 Å². The van der Waals surface area contributed by atoms with Gasteiger partial charge in [-0.25, -0.2) is 4.79 Å². The Bertz CT molecular complexity index is 911. The van der Waals surface area contributed by atoms with E-state index in [4.69, 9.17) is 0 Å². The highest BCUT2D eigenvalue weighted by Crippen LogP contribution is 2.28. The Kier molecular flexibility index (Phi) is 6.71. The van der Waals surface area contributed by atoms with Crippen molar-refractivity contribution in [2.75, 3.05) is 51.6 Å². The minimum absolute atomic E-state index is 0.0521. The summed E-state index contributed by atoms with van der Waals surface area (Å²) in [6.07, 6.45) is 2.17. The highest BCUT2D eigenvalue weighted by Gasteiger charge is 2.42. The van der Waals surface area contributed by atoms with Gasteiger partial charge in [-0.3, -0.25) is 24.6 Å². The highest BCUT2D eigenvalue weighted by atomic mass is 32.2. The number of amides is 5. The molecule has 4 rings (SSSR count). The van der Waals surface area contributed by atoms with Crippen molar-refractivity contribution in [2.24, 2.45) is 0 Å². The number of imide groups is 1. The van der Waals surface area contributed by atoms with Gasteiger partial charge in [-0.15, -0.1) is 11.8 Å². The first-order valence-electron chi connectivity index (χ1n) is 11.0. The van der Waals surface area contributed by atoms with Gasteiger partial charge in [0.25, 0.3) is 11.8 Å². The number of carbonyl (C=O) groups is 4. The summed E-state index contributed by atoms with van der Waals surface area (Å²) in [5.74, 6) is 0.0870. The summed E-state index contributed by atoms with van der Waals surface area (Å²) >= 11 is 1.38. The van der Waals surface area contributed by atoms with Crippen molar-refractivity contribution in [3.63, 3.8) is 0 Å². The smallest absolute Gasteiger partial charge is 0.322 e. The molecule has 5 amide bonds. The summed E-state index contributed by atoms with van der Waals surface area (Å²) in [7, 11) is 0. The lowest BCUT2D eigenvalue weighted by molar-refractivity contribution is -0.131. The minimum Gasteiger partial charge on any atom is -0.342 e. The maximum absolute atomic E-state index is 13.2. The summed E-state index contributed by atoms with van der Waals surface area (Å²) in [5, 5.41) is 4.91. The van der Waals surface area contributed by atoms with Crippen LogP contribution >= 0.6 is 11.8 Å². The van der Waals surface area contributed by atoms with E-state index >= 15 is 0 Å². The number of likely N-dealkylation sites (tertiary alicyclic amines) is 1. The zero-order chi connectivity index (χ0) is 22.7. The molecule has 0 aromatic heterocycles. The zero-order valence-corrected chi connectivity index (χ0v) is 19.1. The van der Waals surface area contributed by atoms with E-state index in [1.54, 1.807) is 13.0 Å². The molecular formula is C22H29N5O4S. The van der Waals surface area contributed by atoms with E-state index in [1.807, 2.05) is 28.0 Å². The van der Waals surface area contributed by atoms with Crippen molar-refractivity contribution < 1.29 is 19.2 Å². The summed E-state index contributed by atoms with van der Waals surface area (Å²) in [6.45, 7) is 6.29. The van der Waals surface area contributed by atoms with Gasteiger partial charge in [-0.1, -0.05) is 12.1 Å². The van der Waals surface area contributed by atoms with Crippen molar-refractivity contribution in [3.05, 3.63) is 29.8 Å². The van der Waals surface area contributed by atoms with Crippen molar-refractivity contribution in [2.45, 2.75) is 30.2 Å². The average molecular weight is 460 g/mol. The molecule has 1 aromatic rings. The molecule has 172 valence electrons. The molecule has 3 saturated heterocycles. The first-order valence-corrected chi connectivity index (χ1v) is 12.0. The van der Waals surface area contributed by atoms with Crippen molar-refractivity contribution in [1.29, 1.82) is 0 Å². The van der Waals surface area contributed by atoms with Gasteiger partial charge in [-0.05, 0) is 31.9 Å². The molecular weight excluding hydrogens is 430 g/mol. The predicted octanol–water partition coefficient (Wildman–Crippen LogP) is 0.757. The Hall–Kier alpha value is -2.59. The van der Waals surface area contributed by atoms with Crippen LogP contribution < -0.4 is 10.6 Å². The van der Waals surface area contributed by atoms with Crippen LogP contribution in [-0.4, -0.2) is 95.6 Å². The van der Waals surface area contributed by atoms with E-state index in [9.17, 15) is 19.2 Å². The number of piperazine rings is 1. The van der Waals surface area contributed by atoms with Gasteiger partial charge in [0, 0.05) is 49.9 Å². The quantitative estimate of drug-likeness (QED) is 0.481. The number of thioether (sulfide) groups is 1. The molecule has 32 heavy (non-hydrogen) atoms. The topological polar surface area (TPSA) is 102 Å². The fourth-order valence-electron chi connectivity index (χ4n) is 4.21. The Morgan fingerprint density at radius 3 is 2.34 bits per heavy atom. The first kappa shape index (κ1) is 22.6. The van der Waals surface area contributed by atoms with Crippen molar-refractivity contribution in [1.82, 2.24) is 25.3 Å². The molecule has 0 radical (unpaired) electrons. The molecule has 0 saturated carbocycles. The molecule has 0 aliphatic carbocycles. The minimum atomic E-state index is -1.01. The lowest BCUT2D eigenvalue weighted by atomic mass is 10.1. The molecule has 3 heterocycles. The summed E-state index contributed by atoms with van der Waals surface area (Å²) in [6, 6.07) is 6.85. The lowest BCUT2D eigenvalue weighted by Crippen LogP contribution is -2.51. The molecule has 1 aromatic carbocycles. The van der Waals surface area contributed by atoms with Crippen molar-refractivity contribution >= 4 is 35.5 Å². The van der Waals surface area contributed by atoms with Crippen LogP contribution in [0.15, 0.2) is 29.2 Å². The molecule has 3 fully saturated rings. The summed E-state index contributed by atoms with van der Waals surface area (Å²) in [4.78, 5) is 55.8. The normalized spacial score (nSPS) is 23.9. The Morgan fingerprint density at radius 2 is 1.69 bits per heavy atom. The van der Waals surface area contributed by atoms with Crippen LogP contribution in [0.4, 0.5) is 4.79 Å². The van der Waals surface area contributed by atoms with Crippen LogP contribution in [0.3, 0.4) is 0 Å². The molecule has 3 aliphatic heterocycles. The van der Waals surface area contributed by atoms with Crippen LogP contribution in [0.25, 0.3) is 0 Å². The fourth-order valence-corrected chi connectivity index (χ4v) is 5.34. The zero-order valence-electron chi connectivity index (χ0n) is 18.3. The predicted molar refractivity (Wildman–Crippen MR) is 120 cm³/mol. The van der Waals surface area contributed by atoms with Gasteiger partial charge >= 0.3 is 6.03 Å². The van der Waals surface area contributed by atoms with Gasteiger partial charge in [0.2, 0.25) is 5.91 Å². The molecule has 10 heteroatoms. The van der Waals surface area contributed by atoms with Crippen LogP contribution in [-0.2, 0) is 9.59 Å². The third-order valence-corrected chi connectivity index (χ3v) is 7.62. The number of carbonyl (C=O) groups excluding carboxylic acids is 4. The van der Waals surface area contributed by atoms with Crippen LogP contribution in [0.2, 0.25) is 0 Å². The van der Waals surface area contributed by atoms with Gasteiger partial charge < -0.3 is 15.1 Å². The van der Waals surface area contributed by atoms with Gasteiger partial charge in [0.05, 0.1) is 12.1 Å². The van der Waals surface area contributed by atoms with Gasteiger partial charge in [0.1, 0.15) is 5.54 Å². The fraction of sp³-hybridized carbons (Fsp3) is 0.545. The van der Waals surface area contributed by atoms with Crippen LogP contribution in [0.1, 0.15) is 30.1 Å². The summed E-state index contributed by atoms with van der Waals surface area (Å²) < 4.78 is 0. The van der Waals surface area contributed by atoms with Crippen LogP contribution in [0.5, 0.6) is 0 Å². The highest BCUT2D eigenvalue weighted by molar-refractivity contribution is 7.99.